The monoisotopic (exact) mass is 395 g/mol. The van der Waals surface area contributed by atoms with Gasteiger partial charge in [-0.3, -0.25) is 4.79 Å². The van der Waals surface area contributed by atoms with Gasteiger partial charge in [-0.1, -0.05) is 6.07 Å². The van der Waals surface area contributed by atoms with E-state index in [0.717, 1.165) is 21.5 Å². The van der Waals surface area contributed by atoms with Gasteiger partial charge in [-0.25, -0.2) is 9.67 Å². The second-order valence-electron chi connectivity index (χ2n) is 5.53. The summed E-state index contributed by atoms with van der Waals surface area (Å²) in [6.07, 6.45) is 7.42. The number of hydrogen-bond donors (Lipinski definition) is 1. The molecule has 0 aliphatic carbocycles. The number of halogens is 1. The third-order valence-corrected chi connectivity index (χ3v) is 4.20. The van der Waals surface area contributed by atoms with Crippen LogP contribution < -0.4 is 5.32 Å². The molecule has 124 valence electrons. The van der Waals surface area contributed by atoms with Crippen molar-refractivity contribution in [2.75, 3.05) is 0 Å². The Balaban J connectivity index is 1.43. The lowest BCUT2D eigenvalue weighted by Crippen LogP contribution is -2.22. The lowest BCUT2D eigenvalue weighted by molar-refractivity contribution is 0.0950. The van der Waals surface area contributed by atoms with Crippen molar-refractivity contribution in [3.63, 3.8) is 0 Å². The van der Waals surface area contributed by atoms with Crippen LogP contribution in [0.3, 0.4) is 0 Å². The number of carbonyl (C=O) groups is 1. The maximum Gasteiger partial charge on any atom is 0.251 e. The van der Waals surface area contributed by atoms with E-state index in [0.29, 0.717) is 12.1 Å². The summed E-state index contributed by atoms with van der Waals surface area (Å²) >= 11 is 3.37. The Morgan fingerprint density at radius 3 is 2.68 bits per heavy atom. The minimum atomic E-state index is -0.134. The summed E-state index contributed by atoms with van der Waals surface area (Å²) < 4.78 is 4.57. The summed E-state index contributed by atoms with van der Waals surface area (Å²) in [5.41, 5.74) is 3.17. The first-order chi connectivity index (χ1) is 12.2. The van der Waals surface area contributed by atoms with Gasteiger partial charge >= 0.3 is 0 Å². The number of nitrogens with one attached hydrogen (secondary N) is 1. The highest BCUT2D eigenvalue weighted by atomic mass is 79.9. The summed E-state index contributed by atoms with van der Waals surface area (Å²) in [5.74, 6) is -0.134. The second-order valence-corrected chi connectivity index (χ2v) is 6.45. The van der Waals surface area contributed by atoms with Crippen LogP contribution in [-0.4, -0.2) is 25.1 Å². The van der Waals surface area contributed by atoms with Crippen molar-refractivity contribution >= 4 is 27.5 Å². The van der Waals surface area contributed by atoms with Crippen LogP contribution >= 0.6 is 15.9 Å². The highest BCUT2D eigenvalue weighted by Crippen LogP contribution is 2.13. The van der Waals surface area contributed by atoms with Gasteiger partial charge in [0.15, 0.2) is 0 Å². The highest BCUT2D eigenvalue weighted by molar-refractivity contribution is 9.10. The molecule has 0 aliphatic heterocycles. The van der Waals surface area contributed by atoms with E-state index >= 15 is 0 Å². The van der Waals surface area contributed by atoms with Gasteiger partial charge in [0.2, 0.25) is 0 Å². The van der Waals surface area contributed by atoms with E-state index in [2.05, 4.69) is 31.3 Å². The van der Waals surface area contributed by atoms with Crippen molar-refractivity contribution < 1.29 is 4.79 Å². The molecule has 0 saturated carbocycles. The van der Waals surface area contributed by atoms with Gasteiger partial charge in [0.1, 0.15) is 5.65 Å². The summed E-state index contributed by atoms with van der Waals surface area (Å²) in [7, 11) is 0. The molecule has 3 aromatic heterocycles. The normalized spacial score (nSPS) is 10.9. The summed E-state index contributed by atoms with van der Waals surface area (Å²) in [5, 5.41) is 7.11. The molecule has 1 aromatic carbocycles. The molecule has 0 radical (unpaired) electrons. The standard InChI is InChI=1S/C18H14BrN5O/c19-14-9-21-24(11-14)16-6-4-13(5-7-16)18(25)20-10-15-12-23-8-2-1-3-17(23)22-15/h1-9,11-12H,10H2,(H,20,25). The average Bonchev–Trinajstić information content (AvgIpc) is 3.25. The summed E-state index contributed by atoms with van der Waals surface area (Å²) in [4.78, 5) is 16.8. The Labute approximate surface area is 152 Å². The van der Waals surface area contributed by atoms with Crippen LogP contribution in [0.5, 0.6) is 0 Å². The van der Waals surface area contributed by atoms with Crippen LogP contribution in [0.15, 0.2) is 71.7 Å². The Hall–Kier alpha value is -2.93. The van der Waals surface area contributed by atoms with Gasteiger partial charge in [0.05, 0.1) is 28.6 Å². The van der Waals surface area contributed by atoms with Crippen LogP contribution in [0.4, 0.5) is 0 Å². The zero-order chi connectivity index (χ0) is 17.2. The zero-order valence-corrected chi connectivity index (χ0v) is 14.7. The minimum absolute atomic E-state index is 0.134. The van der Waals surface area contributed by atoms with Gasteiger partial charge in [-0.05, 0) is 52.3 Å². The van der Waals surface area contributed by atoms with Crippen molar-refractivity contribution in [2.24, 2.45) is 0 Å². The van der Waals surface area contributed by atoms with Crippen LogP contribution in [0, 0.1) is 0 Å². The number of hydrogen-bond acceptors (Lipinski definition) is 3. The number of imidazole rings is 1. The lowest BCUT2D eigenvalue weighted by Gasteiger charge is -2.05. The van der Waals surface area contributed by atoms with E-state index in [4.69, 9.17) is 0 Å². The highest BCUT2D eigenvalue weighted by Gasteiger charge is 2.08. The van der Waals surface area contributed by atoms with E-state index in [-0.39, 0.29) is 5.91 Å². The molecule has 0 bridgehead atoms. The fourth-order valence-electron chi connectivity index (χ4n) is 2.55. The topological polar surface area (TPSA) is 64.2 Å². The second kappa shape index (κ2) is 6.52. The van der Waals surface area contributed by atoms with Crippen molar-refractivity contribution in [1.82, 2.24) is 24.5 Å². The predicted molar refractivity (Wildman–Crippen MR) is 97.6 cm³/mol. The number of aromatic nitrogens is 4. The van der Waals surface area contributed by atoms with Crippen LogP contribution in [0.2, 0.25) is 0 Å². The van der Waals surface area contributed by atoms with E-state index in [9.17, 15) is 4.79 Å². The van der Waals surface area contributed by atoms with E-state index in [1.165, 1.54) is 0 Å². The predicted octanol–water partition coefficient (Wildman–Crippen LogP) is 3.21. The minimum Gasteiger partial charge on any atom is -0.346 e. The molecule has 0 spiro atoms. The molecule has 25 heavy (non-hydrogen) atoms. The molecule has 7 heteroatoms. The molecule has 0 atom stereocenters. The van der Waals surface area contributed by atoms with E-state index < -0.39 is 0 Å². The van der Waals surface area contributed by atoms with Crippen LogP contribution in [0.25, 0.3) is 11.3 Å². The molecule has 0 unspecified atom stereocenters. The fourth-order valence-corrected chi connectivity index (χ4v) is 2.84. The van der Waals surface area contributed by atoms with Gasteiger partial charge in [-0.15, -0.1) is 0 Å². The molecule has 4 aromatic rings. The molecule has 4 rings (SSSR count). The molecule has 1 N–H and O–H groups in total. The van der Waals surface area contributed by atoms with Crippen molar-refractivity contribution in [3.05, 3.63) is 83.0 Å². The largest absolute Gasteiger partial charge is 0.346 e. The molecule has 1 amide bonds. The number of pyridine rings is 1. The molecular weight excluding hydrogens is 382 g/mol. The maximum atomic E-state index is 12.3. The number of amides is 1. The third-order valence-electron chi connectivity index (χ3n) is 3.79. The maximum absolute atomic E-state index is 12.3. The molecule has 0 fully saturated rings. The summed E-state index contributed by atoms with van der Waals surface area (Å²) in [6.45, 7) is 0.383. The van der Waals surface area contributed by atoms with Gasteiger partial charge in [-0.2, -0.15) is 5.10 Å². The first-order valence-electron chi connectivity index (χ1n) is 7.70. The Morgan fingerprint density at radius 2 is 1.96 bits per heavy atom. The zero-order valence-electron chi connectivity index (χ0n) is 13.1. The molecule has 3 heterocycles. The number of carbonyl (C=O) groups excluding carboxylic acids is 1. The first-order valence-corrected chi connectivity index (χ1v) is 8.50. The van der Waals surface area contributed by atoms with E-state index in [1.807, 2.05) is 53.3 Å². The third kappa shape index (κ3) is 3.32. The number of rotatable bonds is 4. The fraction of sp³-hybridized carbons (Fsp3) is 0.0556. The first kappa shape index (κ1) is 15.6. The van der Waals surface area contributed by atoms with Gasteiger partial charge < -0.3 is 9.72 Å². The number of nitrogens with zero attached hydrogens (tertiary/aromatic N) is 4. The molecule has 0 saturated heterocycles. The van der Waals surface area contributed by atoms with Gasteiger partial charge in [0, 0.05) is 24.2 Å². The van der Waals surface area contributed by atoms with Crippen molar-refractivity contribution in [1.29, 1.82) is 0 Å². The summed E-state index contributed by atoms with van der Waals surface area (Å²) in [6, 6.07) is 13.1. The Bertz CT molecular complexity index is 1000. The number of benzene rings is 1. The van der Waals surface area contributed by atoms with Gasteiger partial charge in [0.25, 0.3) is 5.91 Å². The smallest absolute Gasteiger partial charge is 0.251 e. The lowest BCUT2D eigenvalue weighted by atomic mass is 10.2. The van der Waals surface area contributed by atoms with Crippen molar-refractivity contribution in [3.8, 4) is 5.69 Å². The Kier molecular flexibility index (Phi) is 4.07. The molecule has 0 aliphatic rings. The molecular formula is C18H14BrN5O. The quantitative estimate of drug-likeness (QED) is 0.576. The Morgan fingerprint density at radius 1 is 1.12 bits per heavy atom. The SMILES string of the molecule is O=C(NCc1cn2ccccc2n1)c1ccc(-n2cc(Br)cn2)cc1. The average molecular weight is 396 g/mol. The van der Waals surface area contributed by atoms with Crippen LogP contribution in [0.1, 0.15) is 16.1 Å². The van der Waals surface area contributed by atoms with E-state index in [1.54, 1.807) is 23.0 Å². The van der Waals surface area contributed by atoms with Crippen molar-refractivity contribution in [2.45, 2.75) is 6.54 Å². The number of fused-ring (bicyclic) bond motifs is 1. The molecule has 6 nitrogen and oxygen atoms in total. The van der Waals surface area contributed by atoms with Crippen LogP contribution in [-0.2, 0) is 6.54 Å².